The van der Waals surface area contributed by atoms with Gasteiger partial charge in [-0.2, -0.15) is 5.10 Å². The molecule has 0 amide bonds. The van der Waals surface area contributed by atoms with E-state index in [1.807, 2.05) is 30.5 Å². The molecular weight excluding hydrogens is 468 g/mol. The Balaban J connectivity index is 1.40. The summed E-state index contributed by atoms with van der Waals surface area (Å²) in [5.74, 6) is 0.624. The molecule has 8 nitrogen and oxygen atoms in total. The van der Waals surface area contributed by atoms with Gasteiger partial charge in [0.1, 0.15) is 5.52 Å². The van der Waals surface area contributed by atoms with Crippen molar-refractivity contribution in [1.29, 1.82) is 0 Å². The standard InChI is InChI=1S/C27H24N8S/c1-4-5-15(2)30-18-12-17(13-28-14-18)20-7-8-21-24(31-20)25(35-34-21)27-32-23-19(10-11-29-26(23)33-27)22-9-6-16(3)36-22/h6-14,30H,2,4-5H2,1,3H3,(H,34,35)(H,29,32,33). The van der Waals surface area contributed by atoms with Gasteiger partial charge in [-0.15, -0.1) is 11.3 Å². The second-order valence-electron chi connectivity index (χ2n) is 8.66. The summed E-state index contributed by atoms with van der Waals surface area (Å²) < 4.78 is 0. The Morgan fingerprint density at radius 2 is 2.03 bits per heavy atom. The highest BCUT2D eigenvalue weighted by Gasteiger charge is 2.18. The van der Waals surface area contributed by atoms with E-state index in [1.54, 1.807) is 23.7 Å². The van der Waals surface area contributed by atoms with Gasteiger partial charge < -0.3 is 10.3 Å². The Morgan fingerprint density at radius 3 is 2.86 bits per heavy atom. The predicted octanol–water partition coefficient (Wildman–Crippen LogP) is 6.72. The zero-order valence-electron chi connectivity index (χ0n) is 20.0. The quantitative estimate of drug-likeness (QED) is 0.228. The Hall–Kier alpha value is -4.37. The van der Waals surface area contributed by atoms with Crippen LogP contribution in [0.15, 0.2) is 67.3 Å². The molecule has 3 N–H and O–H groups in total. The third kappa shape index (κ3) is 4.03. The zero-order valence-corrected chi connectivity index (χ0v) is 20.8. The number of pyridine rings is 3. The van der Waals surface area contributed by atoms with Crippen LogP contribution in [0, 0.1) is 6.92 Å². The minimum atomic E-state index is 0.624. The first-order chi connectivity index (χ1) is 17.6. The molecule has 0 aliphatic heterocycles. The molecule has 6 aromatic heterocycles. The summed E-state index contributed by atoms with van der Waals surface area (Å²) in [7, 11) is 0. The molecule has 0 fully saturated rings. The highest BCUT2D eigenvalue weighted by Crippen LogP contribution is 2.34. The van der Waals surface area contributed by atoms with Gasteiger partial charge in [0.05, 0.1) is 28.6 Å². The van der Waals surface area contributed by atoms with Crippen LogP contribution < -0.4 is 5.32 Å². The number of H-pyrrole nitrogens is 2. The Labute approximate surface area is 211 Å². The van der Waals surface area contributed by atoms with Crippen molar-refractivity contribution in [2.75, 3.05) is 5.32 Å². The largest absolute Gasteiger partial charge is 0.358 e. The lowest BCUT2D eigenvalue weighted by molar-refractivity contribution is 0.913. The molecule has 178 valence electrons. The van der Waals surface area contributed by atoms with Crippen LogP contribution in [0.2, 0.25) is 0 Å². The van der Waals surface area contributed by atoms with Gasteiger partial charge in [0, 0.05) is 39.0 Å². The van der Waals surface area contributed by atoms with Gasteiger partial charge in [-0.05, 0) is 49.7 Å². The van der Waals surface area contributed by atoms with Crippen LogP contribution in [-0.2, 0) is 0 Å². The number of anilines is 1. The van der Waals surface area contributed by atoms with E-state index in [0.717, 1.165) is 57.6 Å². The molecule has 0 aliphatic carbocycles. The molecule has 0 aromatic carbocycles. The number of fused-ring (bicyclic) bond motifs is 2. The Morgan fingerprint density at radius 1 is 1.11 bits per heavy atom. The van der Waals surface area contributed by atoms with Gasteiger partial charge in [-0.25, -0.2) is 15.0 Å². The second-order valence-corrected chi connectivity index (χ2v) is 9.95. The molecule has 0 unspecified atom stereocenters. The van der Waals surface area contributed by atoms with Crippen LogP contribution in [-0.4, -0.2) is 35.1 Å². The molecule has 0 saturated carbocycles. The first-order valence-corrected chi connectivity index (χ1v) is 12.6. The average Bonchev–Trinajstić information content (AvgIpc) is 3.61. The third-order valence-electron chi connectivity index (χ3n) is 5.94. The number of nitrogens with one attached hydrogen (secondary N) is 3. The first-order valence-electron chi connectivity index (χ1n) is 11.8. The van der Waals surface area contributed by atoms with Crippen molar-refractivity contribution in [3.05, 3.63) is 72.1 Å². The van der Waals surface area contributed by atoms with Crippen molar-refractivity contribution in [2.45, 2.75) is 26.7 Å². The summed E-state index contributed by atoms with van der Waals surface area (Å²) in [6.07, 6.45) is 7.33. The summed E-state index contributed by atoms with van der Waals surface area (Å²) in [5, 5.41) is 10.9. The van der Waals surface area contributed by atoms with E-state index in [4.69, 9.17) is 9.97 Å². The van der Waals surface area contributed by atoms with Crippen molar-refractivity contribution >= 4 is 39.2 Å². The van der Waals surface area contributed by atoms with Crippen LogP contribution in [0.4, 0.5) is 5.69 Å². The minimum absolute atomic E-state index is 0.624. The number of rotatable bonds is 7. The average molecular weight is 493 g/mol. The number of hydrogen-bond donors (Lipinski definition) is 3. The van der Waals surface area contributed by atoms with Crippen LogP contribution in [0.1, 0.15) is 24.6 Å². The summed E-state index contributed by atoms with van der Waals surface area (Å²) in [5.41, 5.74) is 8.37. The lowest BCUT2D eigenvalue weighted by atomic mass is 10.1. The van der Waals surface area contributed by atoms with E-state index >= 15 is 0 Å². The van der Waals surface area contributed by atoms with E-state index < -0.39 is 0 Å². The maximum atomic E-state index is 4.93. The smallest absolute Gasteiger partial charge is 0.178 e. The number of thiophene rings is 1. The topological polar surface area (TPSA) is 108 Å². The monoisotopic (exact) mass is 492 g/mol. The van der Waals surface area contributed by atoms with Gasteiger partial charge >= 0.3 is 0 Å². The Bertz CT molecular complexity index is 1720. The van der Waals surface area contributed by atoms with Gasteiger partial charge in [-0.1, -0.05) is 19.9 Å². The van der Waals surface area contributed by atoms with E-state index in [-0.39, 0.29) is 0 Å². The predicted molar refractivity (Wildman–Crippen MR) is 146 cm³/mol. The molecule has 0 atom stereocenters. The number of imidazole rings is 1. The lowest BCUT2D eigenvalue weighted by Crippen LogP contribution is -1.98. The van der Waals surface area contributed by atoms with E-state index in [9.17, 15) is 0 Å². The highest BCUT2D eigenvalue weighted by atomic mass is 32.1. The minimum Gasteiger partial charge on any atom is -0.358 e. The van der Waals surface area contributed by atoms with Crippen molar-refractivity contribution in [3.63, 3.8) is 0 Å². The summed E-state index contributed by atoms with van der Waals surface area (Å²) >= 11 is 1.75. The number of allylic oxidation sites excluding steroid dienone is 1. The normalized spacial score (nSPS) is 11.4. The third-order valence-corrected chi connectivity index (χ3v) is 6.97. The van der Waals surface area contributed by atoms with Crippen molar-refractivity contribution in [1.82, 2.24) is 35.1 Å². The number of hydrogen-bond acceptors (Lipinski definition) is 7. The second kappa shape index (κ2) is 9.01. The molecule has 0 aliphatic rings. The molecule has 0 radical (unpaired) electrons. The SMILES string of the molecule is C=C(CCC)Nc1cncc(-c2ccc3[nH]nc(-c4nc5nccc(-c6ccc(C)s6)c5[nH]4)c3n2)c1. The Kier molecular flexibility index (Phi) is 5.54. The number of aryl methyl sites for hydroxylation is 1. The van der Waals surface area contributed by atoms with Crippen LogP contribution in [0.3, 0.4) is 0 Å². The van der Waals surface area contributed by atoms with Crippen LogP contribution in [0.5, 0.6) is 0 Å². The fourth-order valence-electron chi connectivity index (χ4n) is 4.25. The highest BCUT2D eigenvalue weighted by molar-refractivity contribution is 7.15. The molecule has 0 bridgehead atoms. The number of aromatic amines is 2. The number of nitrogens with zero attached hydrogens (tertiary/aromatic N) is 5. The molecule has 9 heteroatoms. The van der Waals surface area contributed by atoms with E-state index in [2.05, 4.69) is 63.0 Å². The van der Waals surface area contributed by atoms with Crippen molar-refractivity contribution in [2.24, 2.45) is 0 Å². The van der Waals surface area contributed by atoms with E-state index in [1.165, 1.54) is 9.75 Å². The maximum absolute atomic E-state index is 4.93. The van der Waals surface area contributed by atoms with Crippen molar-refractivity contribution in [3.8, 4) is 33.2 Å². The lowest BCUT2D eigenvalue weighted by Gasteiger charge is -2.09. The van der Waals surface area contributed by atoms with Crippen LogP contribution in [0.25, 0.3) is 55.4 Å². The fraction of sp³-hybridized carbons (Fsp3) is 0.148. The van der Waals surface area contributed by atoms with Gasteiger partial charge in [0.15, 0.2) is 17.2 Å². The fourth-order valence-corrected chi connectivity index (χ4v) is 5.15. The summed E-state index contributed by atoms with van der Waals surface area (Å²) in [6, 6.07) is 12.2. The van der Waals surface area contributed by atoms with Crippen LogP contribution >= 0.6 is 11.3 Å². The molecular formula is C27H24N8S. The zero-order chi connectivity index (χ0) is 24.6. The van der Waals surface area contributed by atoms with Gasteiger partial charge in [0.25, 0.3) is 0 Å². The molecule has 6 aromatic rings. The summed E-state index contributed by atoms with van der Waals surface area (Å²) in [6.45, 7) is 8.32. The first kappa shape index (κ1) is 22.1. The molecule has 6 rings (SSSR count). The van der Waals surface area contributed by atoms with E-state index in [0.29, 0.717) is 17.2 Å². The molecule has 0 saturated heterocycles. The molecule has 36 heavy (non-hydrogen) atoms. The maximum Gasteiger partial charge on any atom is 0.178 e. The van der Waals surface area contributed by atoms with Gasteiger partial charge in [-0.3, -0.25) is 10.1 Å². The molecule has 6 heterocycles. The summed E-state index contributed by atoms with van der Waals surface area (Å²) in [4.78, 5) is 24.4. The van der Waals surface area contributed by atoms with Gasteiger partial charge in [0.2, 0.25) is 0 Å². The van der Waals surface area contributed by atoms with Crippen molar-refractivity contribution < 1.29 is 0 Å². The molecule has 0 spiro atoms. The number of aromatic nitrogens is 7.